The van der Waals surface area contributed by atoms with Gasteiger partial charge in [-0.05, 0) is 31.7 Å². The Morgan fingerprint density at radius 2 is 2.22 bits per heavy atom. The third-order valence-electron chi connectivity index (χ3n) is 2.46. The van der Waals surface area contributed by atoms with Gasteiger partial charge in [0.05, 0.1) is 10.5 Å². The van der Waals surface area contributed by atoms with E-state index in [-0.39, 0.29) is 12.2 Å². The first-order valence-corrected chi connectivity index (χ1v) is 6.95. The molecule has 5 nitrogen and oxygen atoms in total. The molecule has 0 heterocycles. The normalized spacial score (nSPS) is 14.0. The molecule has 0 aromatic heterocycles. The molecule has 0 aliphatic carbocycles. The molecule has 6 heteroatoms. The molecule has 18 heavy (non-hydrogen) atoms. The van der Waals surface area contributed by atoms with Gasteiger partial charge in [-0.1, -0.05) is 6.07 Å². The minimum atomic E-state index is -0.892. The molecule has 0 aliphatic heterocycles. The predicted molar refractivity (Wildman–Crippen MR) is 75.3 cm³/mol. The Balaban J connectivity index is 2.83. The Morgan fingerprint density at radius 3 is 2.78 bits per heavy atom. The number of hydrogen-bond donors (Lipinski definition) is 2. The van der Waals surface area contributed by atoms with Crippen LogP contribution in [0.5, 0.6) is 0 Å². The molecule has 0 saturated carbocycles. The molecule has 1 rings (SSSR count). The van der Waals surface area contributed by atoms with Crippen molar-refractivity contribution in [2.75, 3.05) is 23.9 Å². The smallest absolute Gasteiger partial charge is 0.292 e. The van der Waals surface area contributed by atoms with E-state index in [0.717, 1.165) is 5.56 Å². The second-order valence-electron chi connectivity index (χ2n) is 4.56. The number of benzene rings is 1. The molecule has 0 fully saturated rings. The number of nitrogens with one attached hydrogen (secondary N) is 1. The first-order chi connectivity index (χ1) is 8.35. The second kappa shape index (κ2) is 6.06. The first kappa shape index (κ1) is 14.8. The largest absolute Gasteiger partial charge is 0.387 e. The van der Waals surface area contributed by atoms with Crippen molar-refractivity contribution in [2.45, 2.75) is 19.4 Å². The van der Waals surface area contributed by atoms with Crippen LogP contribution in [-0.4, -0.2) is 34.2 Å². The lowest BCUT2D eigenvalue weighted by molar-refractivity contribution is -0.384. The van der Waals surface area contributed by atoms with Crippen molar-refractivity contribution in [3.8, 4) is 0 Å². The van der Waals surface area contributed by atoms with Gasteiger partial charge < -0.3 is 10.4 Å². The van der Waals surface area contributed by atoms with Gasteiger partial charge in [0, 0.05) is 18.4 Å². The van der Waals surface area contributed by atoms with Gasteiger partial charge in [-0.3, -0.25) is 10.1 Å². The van der Waals surface area contributed by atoms with Crippen molar-refractivity contribution in [1.82, 2.24) is 0 Å². The predicted octanol–water partition coefficient (Wildman–Crippen LogP) is 2.43. The average Bonchev–Trinajstić information content (AvgIpc) is 2.26. The van der Waals surface area contributed by atoms with Crippen LogP contribution >= 0.6 is 11.8 Å². The maximum Gasteiger partial charge on any atom is 0.292 e. The zero-order valence-electron chi connectivity index (χ0n) is 10.8. The Labute approximate surface area is 111 Å². The summed E-state index contributed by atoms with van der Waals surface area (Å²) in [6.07, 6.45) is 1.91. The van der Waals surface area contributed by atoms with Gasteiger partial charge in [-0.25, -0.2) is 0 Å². The number of anilines is 1. The van der Waals surface area contributed by atoms with Gasteiger partial charge in [-0.15, -0.1) is 0 Å². The van der Waals surface area contributed by atoms with Crippen LogP contribution in [0.4, 0.5) is 11.4 Å². The van der Waals surface area contributed by atoms with Crippen LogP contribution in [0.25, 0.3) is 0 Å². The number of aliphatic hydroxyl groups is 1. The van der Waals surface area contributed by atoms with E-state index in [2.05, 4.69) is 5.32 Å². The second-order valence-corrected chi connectivity index (χ2v) is 5.43. The summed E-state index contributed by atoms with van der Waals surface area (Å²) in [5.74, 6) is 0.569. The molecule has 1 unspecified atom stereocenters. The molecule has 0 bridgehead atoms. The number of hydrogen-bond acceptors (Lipinski definition) is 5. The highest BCUT2D eigenvalue weighted by atomic mass is 32.2. The molecular formula is C12H18N2O3S. The van der Waals surface area contributed by atoms with Crippen LogP contribution in [-0.2, 0) is 0 Å². The van der Waals surface area contributed by atoms with Crippen molar-refractivity contribution in [3.05, 3.63) is 33.9 Å². The maximum absolute atomic E-state index is 10.9. The van der Waals surface area contributed by atoms with E-state index in [1.807, 2.05) is 13.2 Å². The molecular weight excluding hydrogens is 252 g/mol. The van der Waals surface area contributed by atoms with E-state index in [1.165, 1.54) is 17.8 Å². The van der Waals surface area contributed by atoms with Crippen LogP contribution in [0.2, 0.25) is 0 Å². The fourth-order valence-corrected chi connectivity index (χ4v) is 2.32. The standard InChI is InChI=1S/C12H18N2O3S/c1-9-4-5-11(14(16)17)10(6-9)13-7-12(2,15)8-18-3/h4-6,13,15H,7-8H2,1-3H3. The first-order valence-electron chi connectivity index (χ1n) is 5.56. The molecule has 1 aromatic carbocycles. The van der Waals surface area contributed by atoms with E-state index in [0.29, 0.717) is 11.4 Å². The van der Waals surface area contributed by atoms with E-state index >= 15 is 0 Å². The summed E-state index contributed by atoms with van der Waals surface area (Å²) in [7, 11) is 0. The molecule has 0 spiro atoms. The fraction of sp³-hybridized carbons (Fsp3) is 0.500. The highest BCUT2D eigenvalue weighted by molar-refractivity contribution is 7.98. The summed E-state index contributed by atoms with van der Waals surface area (Å²) in [6.45, 7) is 3.85. The summed E-state index contributed by atoms with van der Waals surface area (Å²) in [6, 6.07) is 4.89. The third kappa shape index (κ3) is 4.19. The minimum Gasteiger partial charge on any atom is -0.387 e. The topological polar surface area (TPSA) is 75.4 Å². The van der Waals surface area contributed by atoms with Crippen molar-refractivity contribution in [2.24, 2.45) is 0 Å². The highest BCUT2D eigenvalue weighted by Gasteiger charge is 2.21. The van der Waals surface area contributed by atoms with Gasteiger partial charge >= 0.3 is 0 Å². The van der Waals surface area contributed by atoms with E-state index in [1.54, 1.807) is 19.1 Å². The molecule has 100 valence electrons. The molecule has 0 saturated heterocycles. The number of thioether (sulfide) groups is 1. The number of nitro groups is 1. The zero-order chi connectivity index (χ0) is 13.8. The number of nitro benzene ring substituents is 1. The molecule has 1 aromatic rings. The highest BCUT2D eigenvalue weighted by Crippen LogP contribution is 2.26. The average molecular weight is 270 g/mol. The van der Waals surface area contributed by atoms with Crippen LogP contribution in [0.1, 0.15) is 12.5 Å². The minimum absolute atomic E-state index is 0.0283. The van der Waals surface area contributed by atoms with Gasteiger partial charge in [0.2, 0.25) is 0 Å². The monoisotopic (exact) mass is 270 g/mol. The third-order valence-corrected chi connectivity index (χ3v) is 3.37. The van der Waals surface area contributed by atoms with Gasteiger partial charge in [0.1, 0.15) is 5.69 Å². The number of rotatable bonds is 6. The quantitative estimate of drug-likeness (QED) is 0.613. The summed E-state index contributed by atoms with van der Waals surface area (Å²) in [5.41, 5.74) is 0.520. The fourth-order valence-electron chi connectivity index (χ4n) is 1.60. The van der Waals surface area contributed by atoms with Crippen LogP contribution < -0.4 is 5.32 Å². The van der Waals surface area contributed by atoms with E-state index in [4.69, 9.17) is 0 Å². The summed E-state index contributed by atoms with van der Waals surface area (Å²) in [5, 5.41) is 23.9. The summed E-state index contributed by atoms with van der Waals surface area (Å²) in [4.78, 5) is 10.5. The summed E-state index contributed by atoms with van der Waals surface area (Å²) < 4.78 is 0. The van der Waals surface area contributed by atoms with E-state index in [9.17, 15) is 15.2 Å². The zero-order valence-corrected chi connectivity index (χ0v) is 11.6. The van der Waals surface area contributed by atoms with Crippen molar-refractivity contribution in [1.29, 1.82) is 0 Å². The van der Waals surface area contributed by atoms with Crippen LogP contribution in [0.3, 0.4) is 0 Å². The summed E-state index contributed by atoms with van der Waals surface area (Å²) >= 11 is 1.53. The Bertz CT molecular complexity index is 435. The molecule has 0 radical (unpaired) electrons. The lowest BCUT2D eigenvalue weighted by atomic mass is 10.1. The maximum atomic E-state index is 10.9. The van der Waals surface area contributed by atoms with Crippen LogP contribution in [0, 0.1) is 17.0 Å². The molecule has 1 atom stereocenters. The van der Waals surface area contributed by atoms with Gasteiger partial charge in [0.15, 0.2) is 0 Å². The Hall–Kier alpha value is -1.27. The van der Waals surface area contributed by atoms with Crippen LogP contribution in [0.15, 0.2) is 18.2 Å². The molecule has 2 N–H and O–H groups in total. The van der Waals surface area contributed by atoms with Gasteiger partial charge in [0.25, 0.3) is 5.69 Å². The number of nitrogens with zero attached hydrogens (tertiary/aromatic N) is 1. The number of aryl methyl sites for hydroxylation is 1. The Kier molecular flexibility index (Phi) is 4.98. The van der Waals surface area contributed by atoms with Crippen molar-refractivity contribution >= 4 is 23.1 Å². The van der Waals surface area contributed by atoms with Crippen molar-refractivity contribution in [3.63, 3.8) is 0 Å². The molecule has 0 amide bonds. The van der Waals surface area contributed by atoms with Crippen molar-refractivity contribution < 1.29 is 10.0 Å². The lowest BCUT2D eigenvalue weighted by Crippen LogP contribution is -2.36. The molecule has 0 aliphatic rings. The van der Waals surface area contributed by atoms with E-state index < -0.39 is 10.5 Å². The van der Waals surface area contributed by atoms with Gasteiger partial charge in [-0.2, -0.15) is 11.8 Å². The lowest BCUT2D eigenvalue weighted by Gasteiger charge is -2.23. The SMILES string of the molecule is CSCC(C)(O)CNc1cc(C)ccc1[N+](=O)[O-]. The Morgan fingerprint density at radius 1 is 1.56 bits per heavy atom.